The van der Waals surface area contributed by atoms with Gasteiger partial charge in [-0.2, -0.15) is 0 Å². The molecule has 5 rings (SSSR count). The van der Waals surface area contributed by atoms with E-state index in [-0.39, 0.29) is 31.4 Å². The highest BCUT2D eigenvalue weighted by molar-refractivity contribution is 5.91. The third-order valence-corrected chi connectivity index (χ3v) is 5.82. The minimum atomic E-state index is -0.373. The molecule has 7 heteroatoms. The Hall–Kier alpha value is -4.26. The van der Waals surface area contributed by atoms with Gasteiger partial charge in [-0.25, -0.2) is 4.79 Å². The lowest BCUT2D eigenvalue weighted by atomic mass is 10.0. The Morgan fingerprint density at radius 1 is 0.941 bits per heavy atom. The molecule has 172 valence electrons. The summed E-state index contributed by atoms with van der Waals surface area (Å²) >= 11 is 0. The minimum Gasteiger partial charge on any atom is -0.454 e. The van der Waals surface area contributed by atoms with Crippen LogP contribution in [0.25, 0.3) is 17.2 Å². The van der Waals surface area contributed by atoms with Gasteiger partial charge in [0, 0.05) is 19.2 Å². The molecule has 2 aliphatic rings. The number of ether oxygens (including phenoxy) is 3. The molecular weight excluding hydrogens is 432 g/mol. The van der Waals surface area contributed by atoms with Crippen LogP contribution in [0, 0.1) is 0 Å². The average Bonchev–Trinajstić information content (AvgIpc) is 3.48. The van der Waals surface area contributed by atoms with Crippen LogP contribution < -0.4 is 14.8 Å². The van der Waals surface area contributed by atoms with Gasteiger partial charge in [0.25, 0.3) is 0 Å². The molecule has 3 aromatic carbocycles. The minimum absolute atomic E-state index is 0.207. The standard InChI is InChI=1S/C27H24N2O5/c30-26(13-9-19-8-12-24-25(14-19)34-18-33-24)28-15-23-17-32-27(31)29(23)16-20-6-10-22(11-7-20)21-4-2-1-3-5-21/h1-14,23H,15-18H2,(H,28,30)/b13-9+. The summed E-state index contributed by atoms with van der Waals surface area (Å²) in [6.45, 7) is 1.17. The molecule has 2 heterocycles. The van der Waals surface area contributed by atoms with Crippen molar-refractivity contribution >= 4 is 18.1 Å². The van der Waals surface area contributed by atoms with Crippen LogP contribution in [-0.4, -0.2) is 42.9 Å². The number of amides is 2. The van der Waals surface area contributed by atoms with Gasteiger partial charge in [-0.05, 0) is 40.5 Å². The van der Waals surface area contributed by atoms with Gasteiger partial charge in [-0.1, -0.05) is 60.7 Å². The summed E-state index contributed by atoms with van der Waals surface area (Å²) < 4.78 is 15.9. The highest BCUT2D eigenvalue weighted by Gasteiger charge is 2.32. The van der Waals surface area contributed by atoms with Crippen LogP contribution in [0.1, 0.15) is 11.1 Å². The van der Waals surface area contributed by atoms with E-state index in [4.69, 9.17) is 14.2 Å². The van der Waals surface area contributed by atoms with Crippen LogP contribution >= 0.6 is 0 Å². The normalized spacial score (nSPS) is 16.6. The number of cyclic esters (lactones) is 1. The summed E-state index contributed by atoms with van der Waals surface area (Å²) in [6.07, 6.45) is 2.80. The molecule has 0 aromatic heterocycles. The van der Waals surface area contributed by atoms with E-state index in [1.807, 2.05) is 60.7 Å². The maximum absolute atomic E-state index is 12.3. The largest absolute Gasteiger partial charge is 0.454 e. The number of hydrogen-bond donors (Lipinski definition) is 1. The first-order chi connectivity index (χ1) is 16.7. The Morgan fingerprint density at radius 2 is 1.71 bits per heavy atom. The van der Waals surface area contributed by atoms with Crippen molar-refractivity contribution in [3.8, 4) is 22.6 Å². The van der Waals surface area contributed by atoms with Crippen LogP contribution in [0.5, 0.6) is 11.5 Å². The maximum atomic E-state index is 12.3. The second kappa shape index (κ2) is 9.70. The molecule has 0 bridgehead atoms. The predicted octanol–water partition coefficient (Wildman–Crippen LogP) is 4.23. The lowest BCUT2D eigenvalue weighted by Crippen LogP contribution is -2.41. The van der Waals surface area contributed by atoms with E-state index >= 15 is 0 Å². The summed E-state index contributed by atoms with van der Waals surface area (Å²) in [5.41, 5.74) is 4.09. The van der Waals surface area contributed by atoms with Crippen molar-refractivity contribution in [2.24, 2.45) is 0 Å². The molecule has 2 amide bonds. The van der Waals surface area contributed by atoms with Crippen molar-refractivity contribution < 1.29 is 23.8 Å². The van der Waals surface area contributed by atoms with Gasteiger partial charge in [0.2, 0.25) is 12.7 Å². The zero-order valence-electron chi connectivity index (χ0n) is 18.5. The van der Waals surface area contributed by atoms with Crippen molar-refractivity contribution in [2.45, 2.75) is 12.6 Å². The second-order valence-corrected chi connectivity index (χ2v) is 8.11. The SMILES string of the molecule is O=C(/C=C/c1ccc2c(c1)OCO2)NCC1COC(=O)N1Cc1ccc(-c2ccccc2)cc1. The summed E-state index contributed by atoms with van der Waals surface area (Å²) in [6, 6.07) is 23.5. The van der Waals surface area contributed by atoms with Gasteiger partial charge in [0.1, 0.15) is 6.61 Å². The Labute approximate surface area is 197 Å². The lowest BCUT2D eigenvalue weighted by molar-refractivity contribution is -0.116. The number of fused-ring (bicyclic) bond motifs is 1. The summed E-state index contributed by atoms with van der Waals surface area (Å²) in [7, 11) is 0. The van der Waals surface area contributed by atoms with Gasteiger partial charge in [-0.15, -0.1) is 0 Å². The third-order valence-electron chi connectivity index (χ3n) is 5.82. The van der Waals surface area contributed by atoms with Crippen LogP contribution in [0.15, 0.2) is 78.9 Å². The van der Waals surface area contributed by atoms with Crippen LogP contribution in [0.2, 0.25) is 0 Å². The van der Waals surface area contributed by atoms with Crippen molar-refractivity contribution in [1.82, 2.24) is 10.2 Å². The molecule has 0 aliphatic carbocycles. The van der Waals surface area contributed by atoms with Gasteiger partial charge in [0.05, 0.1) is 6.04 Å². The number of nitrogens with zero attached hydrogens (tertiary/aromatic N) is 1. The van der Waals surface area contributed by atoms with Gasteiger partial charge in [-0.3, -0.25) is 9.69 Å². The molecule has 1 unspecified atom stereocenters. The van der Waals surface area contributed by atoms with E-state index in [0.29, 0.717) is 24.6 Å². The molecule has 1 saturated heterocycles. The fraction of sp³-hybridized carbons (Fsp3) is 0.185. The fourth-order valence-corrected chi connectivity index (χ4v) is 3.95. The molecule has 34 heavy (non-hydrogen) atoms. The van der Waals surface area contributed by atoms with E-state index in [2.05, 4.69) is 17.4 Å². The fourth-order valence-electron chi connectivity index (χ4n) is 3.95. The Morgan fingerprint density at radius 3 is 2.53 bits per heavy atom. The highest BCUT2D eigenvalue weighted by atomic mass is 16.7. The predicted molar refractivity (Wildman–Crippen MR) is 127 cm³/mol. The van der Waals surface area contributed by atoms with E-state index in [9.17, 15) is 9.59 Å². The van der Waals surface area contributed by atoms with Crippen LogP contribution in [0.4, 0.5) is 4.79 Å². The van der Waals surface area contributed by atoms with Crippen molar-refractivity contribution in [1.29, 1.82) is 0 Å². The van der Waals surface area contributed by atoms with Crippen LogP contribution in [-0.2, 0) is 16.1 Å². The second-order valence-electron chi connectivity index (χ2n) is 8.11. The lowest BCUT2D eigenvalue weighted by Gasteiger charge is -2.21. The van der Waals surface area contributed by atoms with E-state index in [0.717, 1.165) is 22.3 Å². The van der Waals surface area contributed by atoms with Gasteiger partial charge in [0.15, 0.2) is 11.5 Å². The molecular formula is C27H24N2O5. The number of rotatable bonds is 7. The van der Waals surface area contributed by atoms with Crippen molar-refractivity contribution in [2.75, 3.05) is 19.9 Å². The number of nitrogens with one attached hydrogen (secondary N) is 1. The Kier molecular flexibility index (Phi) is 6.16. The van der Waals surface area contributed by atoms with Crippen LogP contribution in [0.3, 0.4) is 0 Å². The van der Waals surface area contributed by atoms with Gasteiger partial charge < -0.3 is 19.5 Å². The van der Waals surface area contributed by atoms with Crippen molar-refractivity contribution in [3.05, 3.63) is 90.0 Å². The zero-order valence-corrected chi connectivity index (χ0v) is 18.5. The molecule has 2 aliphatic heterocycles. The quantitative estimate of drug-likeness (QED) is 0.539. The van der Waals surface area contributed by atoms with Gasteiger partial charge >= 0.3 is 6.09 Å². The molecule has 1 atom stereocenters. The molecule has 0 spiro atoms. The maximum Gasteiger partial charge on any atom is 0.410 e. The zero-order chi connectivity index (χ0) is 23.3. The Balaban J connectivity index is 1.16. The molecule has 3 aromatic rings. The Bertz CT molecular complexity index is 1210. The van der Waals surface area contributed by atoms with E-state index in [1.165, 1.54) is 6.08 Å². The third kappa shape index (κ3) is 4.88. The number of carbonyl (C=O) groups is 2. The molecule has 7 nitrogen and oxygen atoms in total. The first-order valence-corrected chi connectivity index (χ1v) is 11.1. The summed E-state index contributed by atoms with van der Waals surface area (Å²) in [5, 5.41) is 2.86. The summed E-state index contributed by atoms with van der Waals surface area (Å²) in [4.78, 5) is 26.3. The van der Waals surface area contributed by atoms with E-state index < -0.39 is 0 Å². The summed E-state index contributed by atoms with van der Waals surface area (Å²) in [5.74, 6) is 1.11. The van der Waals surface area contributed by atoms with Crippen molar-refractivity contribution in [3.63, 3.8) is 0 Å². The first-order valence-electron chi connectivity index (χ1n) is 11.1. The van der Waals surface area contributed by atoms with E-state index in [1.54, 1.807) is 11.0 Å². The first kappa shape index (κ1) is 21.6. The molecule has 1 N–H and O–H groups in total. The highest BCUT2D eigenvalue weighted by Crippen LogP contribution is 2.32. The average molecular weight is 456 g/mol. The number of carbonyl (C=O) groups excluding carboxylic acids is 2. The number of hydrogen-bond acceptors (Lipinski definition) is 5. The molecule has 1 fully saturated rings. The molecule has 0 saturated carbocycles. The monoisotopic (exact) mass is 456 g/mol. The number of benzene rings is 3. The topological polar surface area (TPSA) is 77.1 Å². The molecule has 0 radical (unpaired) electrons. The smallest absolute Gasteiger partial charge is 0.410 e.